The van der Waals surface area contributed by atoms with Gasteiger partial charge in [0.25, 0.3) is 0 Å². The number of carbonyl (C=O) groups excluding carboxylic acids is 2. The van der Waals surface area contributed by atoms with Crippen LogP contribution in [0.4, 0.5) is 0 Å². The van der Waals surface area contributed by atoms with E-state index in [0.29, 0.717) is 18.6 Å². The van der Waals surface area contributed by atoms with Gasteiger partial charge in [-0.25, -0.2) is 0 Å². The molecule has 0 aromatic heterocycles. The molecular formula is C11H8O3S. The van der Waals surface area contributed by atoms with Crippen molar-refractivity contribution in [3.63, 3.8) is 0 Å². The first-order valence-corrected chi connectivity index (χ1v) is 5.56. The molecule has 1 aromatic carbocycles. The Morgan fingerprint density at radius 2 is 2.07 bits per heavy atom. The molecule has 0 N–H and O–H groups in total. The number of Topliss-reactive ketones (excluding diaryl/α,β-unsaturated/α-hetero) is 1. The fourth-order valence-electron chi connectivity index (χ4n) is 2.00. The molecule has 0 radical (unpaired) electrons. The van der Waals surface area contributed by atoms with Gasteiger partial charge in [-0.15, -0.1) is 0 Å². The summed E-state index contributed by atoms with van der Waals surface area (Å²) in [4.78, 5) is 24.6. The average Bonchev–Trinajstić information content (AvgIpc) is 2.74. The van der Waals surface area contributed by atoms with Crippen LogP contribution in [0.3, 0.4) is 0 Å². The zero-order valence-corrected chi connectivity index (χ0v) is 8.67. The summed E-state index contributed by atoms with van der Waals surface area (Å²) < 4.78 is 3.94. The van der Waals surface area contributed by atoms with Crippen LogP contribution in [0.15, 0.2) is 29.2 Å². The lowest BCUT2D eigenvalue weighted by atomic mass is 9.96. The molecule has 3 nitrogen and oxygen atoms in total. The van der Waals surface area contributed by atoms with E-state index in [2.05, 4.69) is 0 Å². The topological polar surface area (TPSA) is 43.4 Å². The highest BCUT2D eigenvalue weighted by molar-refractivity contribution is 8.03. The summed E-state index contributed by atoms with van der Waals surface area (Å²) in [6.45, 7) is 0.353. The summed E-state index contributed by atoms with van der Waals surface area (Å²) in [6.07, 6.45) is 0.490. The van der Waals surface area contributed by atoms with E-state index in [4.69, 9.17) is 4.74 Å². The lowest BCUT2D eigenvalue weighted by Gasteiger charge is -2.13. The largest absolute Gasteiger partial charge is 0.464 e. The van der Waals surface area contributed by atoms with Crippen LogP contribution in [-0.2, 0) is 9.53 Å². The highest BCUT2D eigenvalue weighted by Gasteiger charge is 2.56. The second kappa shape index (κ2) is 2.85. The summed E-state index contributed by atoms with van der Waals surface area (Å²) in [5, 5.41) is 0. The van der Waals surface area contributed by atoms with Crippen molar-refractivity contribution in [1.29, 1.82) is 0 Å². The van der Waals surface area contributed by atoms with Gasteiger partial charge >= 0.3 is 5.97 Å². The van der Waals surface area contributed by atoms with Gasteiger partial charge in [-0.1, -0.05) is 30.0 Å². The summed E-state index contributed by atoms with van der Waals surface area (Å²) in [5.41, 5.74) is 0.654. The van der Waals surface area contributed by atoms with Crippen molar-refractivity contribution in [2.45, 2.75) is 16.1 Å². The molecule has 2 heterocycles. The van der Waals surface area contributed by atoms with Crippen LogP contribution in [0, 0.1) is 0 Å². The van der Waals surface area contributed by atoms with Crippen molar-refractivity contribution in [2.24, 2.45) is 0 Å². The standard InChI is InChI=1S/C11H8O3S/c12-9-7-3-1-2-4-8(7)15-11(9)5-6-14-10(11)13/h1-4H,5-6H2. The van der Waals surface area contributed by atoms with E-state index in [1.165, 1.54) is 11.8 Å². The first kappa shape index (κ1) is 8.97. The van der Waals surface area contributed by atoms with Gasteiger partial charge in [0, 0.05) is 16.9 Å². The quantitative estimate of drug-likeness (QED) is 0.492. The summed E-state index contributed by atoms with van der Waals surface area (Å²) >= 11 is 1.34. The van der Waals surface area contributed by atoms with E-state index in [9.17, 15) is 9.59 Å². The third-order valence-corrected chi connectivity index (χ3v) is 4.28. The third kappa shape index (κ3) is 1.03. The average molecular weight is 220 g/mol. The molecule has 0 saturated carbocycles. The van der Waals surface area contributed by atoms with Crippen molar-refractivity contribution in [2.75, 3.05) is 6.61 Å². The lowest BCUT2D eigenvalue weighted by Crippen LogP contribution is -2.36. The molecule has 2 aliphatic rings. The molecule has 1 spiro atoms. The molecule has 4 heteroatoms. The third-order valence-electron chi connectivity index (χ3n) is 2.80. The van der Waals surface area contributed by atoms with E-state index < -0.39 is 4.75 Å². The van der Waals surface area contributed by atoms with Crippen LogP contribution in [0.25, 0.3) is 0 Å². The van der Waals surface area contributed by atoms with Gasteiger partial charge in [-0.2, -0.15) is 0 Å². The maximum Gasteiger partial charge on any atom is 0.330 e. The van der Waals surface area contributed by atoms with E-state index >= 15 is 0 Å². The van der Waals surface area contributed by atoms with E-state index in [-0.39, 0.29) is 11.8 Å². The van der Waals surface area contributed by atoms with Gasteiger partial charge in [-0.3, -0.25) is 9.59 Å². The smallest absolute Gasteiger partial charge is 0.330 e. The number of hydrogen-bond donors (Lipinski definition) is 0. The fraction of sp³-hybridized carbons (Fsp3) is 0.273. The number of rotatable bonds is 0. The Bertz CT molecular complexity index is 469. The van der Waals surface area contributed by atoms with E-state index in [1.807, 2.05) is 18.2 Å². The lowest BCUT2D eigenvalue weighted by molar-refractivity contribution is -0.138. The minimum absolute atomic E-state index is 0.0920. The molecule has 2 aliphatic heterocycles. The molecule has 1 aromatic rings. The number of benzene rings is 1. The number of ketones is 1. The molecular weight excluding hydrogens is 212 g/mol. The summed E-state index contributed by atoms with van der Waals surface area (Å²) in [6, 6.07) is 7.33. The van der Waals surface area contributed by atoms with Gasteiger partial charge in [-0.05, 0) is 6.07 Å². The number of cyclic esters (lactones) is 1. The highest BCUT2D eigenvalue weighted by Crippen LogP contribution is 2.49. The molecule has 3 rings (SSSR count). The number of esters is 1. The number of ether oxygens (including phenoxy) is 1. The molecule has 1 saturated heterocycles. The van der Waals surface area contributed by atoms with Crippen LogP contribution in [-0.4, -0.2) is 23.1 Å². The Morgan fingerprint density at radius 3 is 2.73 bits per heavy atom. The first-order chi connectivity index (χ1) is 7.24. The molecule has 1 atom stereocenters. The Balaban J connectivity index is 2.14. The van der Waals surface area contributed by atoms with Crippen molar-refractivity contribution >= 4 is 23.5 Å². The zero-order valence-electron chi connectivity index (χ0n) is 7.86. The highest BCUT2D eigenvalue weighted by atomic mass is 32.2. The summed E-state index contributed by atoms with van der Waals surface area (Å²) in [7, 11) is 0. The maximum absolute atomic E-state index is 12.1. The number of fused-ring (bicyclic) bond motifs is 1. The molecule has 0 aliphatic carbocycles. The van der Waals surface area contributed by atoms with Gasteiger partial charge in [0.15, 0.2) is 10.5 Å². The maximum atomic E-state index is 12.1. The van der Waals surface area contributed by atoms with Crippen LogP contribution in [0.1, 0.15) is 16.8 Å². The predicted octanol–water partition coefficient (Wildman–Crippen LogP) is 1.66. The zero-order chi connectivity index (χ0) is 10.5. The van der Waals surface area contributed by atoms with E-state index in [1.54, 1.807) is 6.07 Å². The molecule has 1 fully saturated rings. The summed E-state index contributed by atoms with van der Waals surface area (Å²) in [5.74, 6) is -0.473. The molecule has 0 amide bonds. The number of carbonyl (C=O) groups is 2. The molecule has 15 heavy (non-hydrogen) atoms. The van der Waals surface area contributed by atoms with Gasteiger partial charge < -0.3 is 4.74 Å². The van der Waals surface area contributed by atoms with Crippen molar-refractivity contribution in [3.05, 3.63) is 29.8 Å². The second-order valence-corrected chi connectivity index (χ2v) is 4.98. The van der Waals surface area contributed by atoms with Crippen LogP contribution in [0.2, 0.25) is 0 Å². The monoisotopic (exact) mass is 220 g/mol. The Morgan fingerprint density at radius 1 is 1.27 bits per heavy atom. The van der Waals surface area contributed by atoms with E-state index in [0.717, 1.165) is 4.90 Å². The predicted molar refractivity (Wildman–Crippen MR) is 54.9 cm³/mol. The van der Waals surface area contributed by atoms with Crippen molar-refractivity contribution in [1.82, 2.24) is 0 Å². The van der Waals surface area contributed by atoms with Crippen molar-refractivity contribution < 1.29 is 14.3 Å². The fourth-order valence-corrected chi connectivity index (χ4v) is 3.32. The molecule has 1 unspecified atom stereocenters. The number of hydrogen-bond acceptors (Lipinski definition) is 4. The Kier molecular flexibility index (Phi) is 1.71. The Hall–Kier alpha value is -1.29. The van der Waals surface area contributed by atoms with Crippen molar-refractivity contribution in [3.8, 4) is 0 Å². The minimum Gasteiger partial charge on any atom is -0.464 e. The minimum atomic E-state index is -0.969. The van der Waals surface area contributed by atoms with Gasteiger partial charge in [0.1, 0.15) is 0 Å². The van der Waals surface area contributed by atoms with Crippen LogP contribution < -0.4 is 0 Å². The SMILES string of the molecule is O=C1OCCC12Sc1ccccc1C2=O. The Labute approximate surface area is 90.8 Å². The van der Waals surface area contributed by atoms with Gasteiger partial charge in [0.2, 0.25) is 0 Å². The normalized spacial score (nSPS) is 28.3. The number of thioether (sulfide) groups is 1. The molecule has 0 bridgehead atoms. The van der Waals surface area contributed by atoms with Gasteiger partial charge in [0.05, 0.1) is 6.61 Å². The van der Waals surface area contributed by atoms with Crippen LogP contribution in [0.5, 0.6) is 0 Å². The molecule has 76 valence electrons. The first-order valence-electron chi connectivity index (χ1n) is 4.74. The van der Waals surface area contributed by atoms with Crippen LogP contribution >= 0.6 is 11.8 Å². The second-order valence-electron chi connectivity index (χ2n) is 3.64.